The third kappa shape index (κ3) is 6.66. The van der Waals surface area contributed by atoms with Crippen LogP contribution in [0.5, 0.6) is 0 Å². The van der Waals surface area contributed by atoms with Crippen LogP contribution in [0.15, 0.2) is 60.8 Å². The molecule has 0 aromatic rings. The van der Waals surface area contributed by atoms with Crippen LogP contribution in [0.1, 0.15) is 20.8 Å². The van der Waals surface area contributed by atoms with Crippen molar-refractivity contribution in [3.8, 4) is 0 Å². The predicted molar refractivity (Wildman–Crippen MR) is 103 cm³/mol. The van der Waals surface area contributed by atoms with Crippen molar-refractivity contribution >= 4 is 11.9 Å². The second kappa shape index (κ2) is 10.6. The molecule has 1 aliphatic heterocycles. The van der Waals surface area contributed by atoms with Gasteiger partial charge in [0.05, 0.1) is 12.2 Å². The van der Waals surface area contributed by atoms with Crippen molar-refractivity contribution in [3.05, 3.63) is 60.8 Å². The number of hydrogen-bond donors (Lipinski definition) is 0. The Morgan fingerprint density at radius 1 is 1.19 bits per heavy atom. The summed E-state index contributed by atoms with van der Waals surface area (Å²) in [4.78, 5) is 24.2. The first kappa shape index (κ1) is 22.6. The van der Waals surface area contributed by atoms with E-state index in [9.17, 15) is 9.59 Å². The molecule has 1 aliphatic rings. The first-order chi connectivity index (χ1) is 12.7. The fraction of sp³-hybridized carbons (Fsp3) is 0.429. The number of methoxy groups -OCH3 is 1. The van der Waals surface area contributed by atoms with Crippen LogP contribution >= 0.6 is 0 Å². The van der Waals surface area contributed by atoms with Crippen LogP contribution in [0, 0.1) is 0 Å². The van der Waals surface area contributed by atoms with Crippen molar-refractivity contribution in [2.24, 2.45) is 0 Å². The topological polar surface area (TPSA) is 71.1 Å². The summed E-state index contributed by atoms with van der Waals surface area (Å²) in [7, 11) is 1.49. The van der Waals surface area contributed by atoms with E-state index in [2.05, 4.69) is 19.7 Å². The third-order valence-electron chi connectivity index (χ3n) is 3.95. The molecule has 0 aliphatic carbocycles. The van der Waals surface area contributed by atoms with E-state index >= 15 is 0 Å². The Kier molecular flexibility index (Phi) is 8.91. The Morgan fingerprint density at radius 2 is 1.85 bits per heavy atom. The number of carbonyl (C=O) groups is 2. The number of esters is 2. The Morgan fingerprint density at radius 3 is 2.41 bits per heavy atom. The number of rotatable bonds is 9. The lowest BCUT2D eigenvalue weighted by Gasteiger charge is -2.25. The molecular weight excluding hydrogens is 348 g/mol. The lowest BCUT2D eigenvalue weighted by Crippen LogP contribution is -2.42. The number of ether oxygens (including phenoxy) is 4. The molecule has 6 nitrogen and oxygen atoms in total. The fourth-order valence-electron chi connectivity index (χ4n) is 2.49. The molecule has 0 spiro atoms. The maximum absolute atomic E-state index is 12.2. The van der Waals surface area contributed by atoms with Gasteiger partial charge in [-0.2, -0.15) is 0 Å². The molecule has 0 N–H and O–H groups in total. The summed E-state index contributed by atoms with van der Waals surface area (Å²) in [5.74, 6) is -1.04. The first-order valence-electron chi connectivity index (χ1n) is 8.59. The Bertz CT molecular complexity index is 658. The summed E-state index contributed by atoms with van der Waals surface area (Å²) >= 11 is 0. The van der Waals surface area contributed by atoms with E-state index < -0.39 is 36.4 Å². The van der Waals surface area contributed by atoms with E-state index in [0.717, 1.165) is 5.57 Å². The summed E-state index contributed by atoms with van der Waals surface area (Å²) in [5.41, 5.74) is 1.41. The largest absolute Gasteiger partial charge is 0.456 e. The predicted octanol–water partition coefficient (Wildman–Crippen LogP) is 3.06. The zero-order valence-electron chi connectivity index (χ0n) is 16.4. The second-order valence-electron chi connectivity index (χ2n) is 6.34. The highest BCUT2D eigenvalue weighted by molar-refractivity contribution is 5.91. The number of allylic oxidation sites excluding steroid dienone is 4. The summed E-state index contributed by atoms with van der Waals surface area (Å²) < 4.78 is 22.0. The SMILES string of the molecule is C=C/C=C(\C)C(=O)O[C@H](C)[C@H]1OC[C@H](OC(=O)C(=C)/C=C\C(=C)C)[C@H]1OC. The highest BCUT2D eigenvalue weighted by atomic mass is 16.6. The van der Waals surface area contributed by atoms with Gasteiger partial charge in [-0.05, 0) is 26.8 Å². The van der Waals surface area contributed by atoms with Crippen molar-refractivity contribution in [1.82, 2.24) is 0 Å². The molecule has 0 unspecified atom stereocenters. The molecule has 148 valence electrons. The van der Waals surface area contributed by atoms with Gasteiger partial charge in [-0.3, -0.25) is 0 Å². The van der Waals surface area contributed by atoms with Crippen molar-refractivity contribution in [2.75, 3.05) is 13.7 Å². The van der Waals surface area contributed by atoms with E-state index in [1.807, 2.05) is 0 Å². The van der Waals surface area contributed by atoms with Crippen LogP contribution in [0.25, 0.3) is 0 Å². The molecule has 6 heteroatoms. The molecule has 1 saturated heterocycles. The minimum atomic E-state index is -0.631. The second-order valence-corrected chi connectivity index (χ2v) is 6.34. The maximum Gasteiger partial charge on any atom is 0.337 e. The molecule has 27 heavy (non-hydrogen) atoms. The lowest BCUT2D eigenvalue weighted by molar-refractivity contribution is -0.156. The molecule has 1 rings (SSSR count). The zero-order chi connectivity index (χ0) is 20.6. The normalized spacial score (nSPS) is 23.7. The molecule has 1 heterocycles. The van der Waals surface area contributed by atoms with Gasteiger partial charge in [-0.15, -0.1) is 0 Å². The Hall–Kier alpha value is -2.44. The van der Waals surface area contributed by atoms with Crippen molar-refractivity contribution in [1.29, 1.82) is 0 Å². The third-order valence-corrected chi connectivity index (χ3v) is 3.95. The van der Waals surface area contributed by atoms with Gasteiger partial charge in [0, 0.05) is 12.7 Å². The molecule has 0 bridgehead atoms. The average Bonchev–Trinajstić information content (AvgIpc) is 3.02. The molecular formula is C21H28O6. The van der Waals surface area contributed by atoms with Gasteiger partial charge in [0.2, 0.25) is 0 Å². The molecule has 0 aromatic heterocycles. The van der Waals surface area contributed by atoms with Crippen LogP contribution in [-0.2, 0) is 28.5 Å². The van der Waals surface area contributed by atoms with E-state index in [0.29, 0.717) is 5.57 Å². The summed E-state index contributed by atoms with van der Waals surface area (Å²) in [5, 5.41) is 0. The highest BCUT2D eigenvalue weighted by Crippen LogP contribution is 2.25. The number of carbonyl (C=O) groups excluding carboxylic acids is 2. The van der Waals surface area contributed by atoms with Crippen LogP contribution in [0.3, 0.4) is 0 Å². The molecule has 0 radical (unpaired) electrons. The standard InChI is InChI=1S/C21H28O6/c1-8-9-14(4)20(22)26-16(6)18-19(24-7)17(12-25-18)27-21(23)15(5)11-10-13(2)3/h8-11,16-19H,1-2,5,12H2,3-4,6-7H3/b11-10-,14-9+/t16-,17+,18-,19-/m1/s1. The molecule has 4 atom stereocenters. The highest BCUT2D eigenvalue weighted by Gasteiger charge is 2.44. The smallest absolute Gasteiger partial charge is 0.337 e. The van der Waals surface area contributed by atoms with Crippen LogP contribution in [-0.4, -0.2) is 50.1 Å². The van der Waals surface area contributed by atoms with E-state index in [-0.39, 0.29) is 12.2 Å². The van der Waals surface area contributed by atoms with Gasteiger partial charge >= 0.3 is 11.9 Å². The quantitative estimate of drug-likeness (QED) is 0.350. The molecule has 0 saturated carbocycles. The van der Waals surface area contributed by atoms with Crippen molar-refractivity contribution in [3.63, 3.8) is 0 Å². The van der Waals surface area contributed by atoms with Gasteiger partial charge < -0.3 is 18.9 Å². The Balaban J connectivity index is 2.72. The van der Waals surface area contributed by atoms with E-state index in [1.165, 1.54) is 13.2 Å². The van der Waals surface area contributed by atoms with Crippen LogP contribution in [0.2, 0.25) is 0 Å². The van der Waals surface area contributed by atoms with E-state index in [4.69, 9.17) is 18.9 Å². The van der Waals surface area contributed by atoms with Gasteiger partial charge in [-0.25, -0.2) is 9.59 Å². The molecule has 0 amide bonds. The average molecular weight is 376 g/mol. The molecule has 1 fully saturated rings. The monoisotopic (exact) mass is 376 g/mol. The summed E-state index contributed by atoms with van der Waals surface area (Å²) in [6.45, 7) is 16.2. The lowest BCUT2D eigenvalue weighted by atomic mass is 10.1. The van der Waals surface area contributed by atoms with E-state index in [1.54, 1.807) is 39.0 Å². The van der Waals surface area contributed by atoms with Crippen molar-refractivity contribution < 1.29 is 28.5 Å². The fourth-order valence-corrected chi connectivity index (χ4v) is 2.49. The van der Waals surface area contributed by atoms with Gasteiger partial charge in [0.15, 0.2) is 6.10 Å². The first-order valence-corrected chi connectivity index (χ1v) is 8.59. The van der Waals surface area contributed by atoms with Crippen LogP contribution in [0.4, 0.5) is 0 Å². The minimum Gasteiger partial charge on any atom is -0.456 e. The van der Waals surface area contributed by atoms with Gasteiger partial charge in [-0.1, -0.05) is 43.5 Å². The number of hydrogen-bond acceptors (Lipinski definition) is 6. The zero-order valence-corrected chi connectivity index (χ0v) is 16.4. The Labute approximate surface area is 160 Å². The molecule has 0 aromatic carbocycles. The summed E-state index contributed by atoms with van der Waals surface area (Å²) in [6.07, 6.45) is 3.93. The minimum absolute atomic E-state index is 0.135. The van der Waals surface area contributed by atoms with Crippen LogP contribution < -0.4 is 0 Å². The summed E-state index contributed by atoms with van der Waals surface area (Å²) in [6, 6.07) is 0. The van der Waals surface area contributed by atoms with Gasteiger partial charge in [0.1, 0.15) is 18.3 Å². The van der Waals surface area contributed by atoms with Crippen molar-refractivity contribution in [2.45, 2.75) is 45.2 Å². The van der Waals surface area contributed by atoms with Gasteiger partial charge in [0.25, 0.3) is 0 Å². The maximum atomic E-state index is 12.2.